The minimum absolute atomic E-state index is 0.207. The van der Waals surface area contributed by atoms with Crippen LogP contribution in [0.5, 0.6) is 11.5 Å². The Balaban J connectivity index is 1.69. The molecule has 3 N–H and O–H groups in total. The molecule has 0 amide bonds. The molecular weight excluding hydrogens is 322 g/mol. The van der Waals surface area contributed by atoms with Crippen LogP contribution in [-0.2, 0) is 6.54 Å². The average Bonchev–Trinajstić information content (AvgIpc) is 2.60. The fourth-order valence-electron chi connectivity index (χ4n) is 2.90. The molecular formula is C18H17N3O4. The first-order chi connectivity index (χ1) is 12.1. The van der Waals surface area contributed by atoms with Crippen molar-refractivity contribution < 1.29 is 9.47 Å². The zero-order valence-electron chi connectivity index (χ0n) is 13.6. The van der Waals surface area contributed by atoms with E-state index in [4.69, 9.17) is 9.47 Å². The van der Waals surface area contributed by atoms with Gasteiger partial charge in [0.15, 0.2) is 11.5 Å². The zero-order valence-corrected chi connectivity index (χ0v) is 13.6. The van der Waals surface area contributed by atoms with Crippen molar-refractivity contribution in [1.29, 1.82) is 0 Å². The predicted octanol–water partition coefficient (Wildman–Crippen LogP) is 1.91. The van der Waals surface area contributed by atoms with Gasteiger partial charge in [0, 0.05) is 29.8 Å². The monoisotopic (exact) mass is 339 g/mol. The number of hydrogen-bond donors (Lipinski definition) is 3. The third kappa shape index (κ3) is 2.84. The molecule has 2 aromatic heterocycles. The fourth-order valence-corrected chi connectivity index (χ4v) is 2.90. The van der Waals surface area contributed by atoms with E-state index in [9.17, 15) is 9.59 Å². The number of rotatable bonds is 3. The first-order valence-electron chi connectivity index (χ1n) is 7.99. The molecule has 0 bridgehead atoms. The molecule has 1 aliphatic heterocycles. The van der Waals surface area contributed by atoms with Crippen molar-refractivity contribution in [2.24, 2.45) is 0 Å². The van der Waals surface area contributed by atoms with E-state index in [1.807, 2.05) is 13.0 Å². The van der Waals surface area contributed by atoms with Crippen molar-refractivity contribution in [1.82, 2.24) is 9.97 Å². The van der Waals surface area contributed by atoms with Gasteiger partial charge >= 0.3 is 0 Å². The number of fused-ring (bicyclic) bond motifs is 2. The standard InChI is InChI=1S/C18H17N3O4/c1-10-2-3-19-18(23)16(10)20-9-12-6-11-7-14-15(25-5-4-24-14)8-13(11)21-17(12)22/h2-3,6-8,20H,4-5,9H2,1H3,(H,19,23)(H,21,22). The lowest BCUT2D eigenvalue weighted by Gasteiger charge is -2.19. The molecule has 4 rings (SSSR count). The Kier molecular flexibility index (Phi) is 3.68. The van der Waals surface area contributed by atoms with Gasteiger partial charge in [-0.3, -0.25) is 9.59 Å². The number of aromatic amines is 2. The van der Waals surface area contributed by atoms with Crippen LogP contribution < -0.4 is 25.9 Å². The van der Waals surface area contributed by atoms with E-state index in [0.717, 1.165) is 10.9 Å². The molecule has 7 nitrogen and oxygen atoms in total. The predicted molar refractivity (Wildman–Crippen MR) is 94.7 cm³/mol. The van der Waals surface area contributed by atoms with Crippen molar-refractivity contribution in [2.75, 3.05) is 18.5 Å². The molecule has 0 saturated carbocycles. The summed E-state index contributed by atoms with van der Waals surface area (Å²) < 4.78 is 11.1. The summed E-state index contributed by atoms with van der Waals surface area (Å²) >= 11 is 0. The molecule has 0 aliphatic carbocycles. The lowest BCUT2D eigenvalue weighted by Crippen LogP contribution is -2.20. The summed E-state index contributed by atoms with van der Waals surface area (Å²) in [5.74, 6) is 1.30. The number of aromatic nitrogens is 2. The Labute approximate surface area is 142 Å². The maximum atomic E-state index is 12.3. The van der Waals surface area contributed by atoms with Gasteiger partial charge in [0.1, 0.15) is 18.9 Å². The van der Waals surface area contributed by atoms with Crippen LogP contribution in [0, 0.1) is 6.92 Å². The largest absolute Gasteiger partial charge is 0.486 e. The van der Waals surface area contributed by atoms with Crippen molar-refractivity contribution in [2.45, 2.75) is 13.5 Å². The molecule has 128 valence electrons. The van der Waals surface area contributed by atoms with Gasteiger partial charge in [0.05, 0.1) is 5.52 Å². The highest BCUT2D eigenvalue weighted by atomic mass is 16.6. The molecule has 3 heterocycles. The van der Waals surface area contributed by atoms with Gasteiger partial charge in [0.2, 0.25) is 0 Å². The second-order valence-electron chi connectivity index (χ2n) is 5.93. The number of H-pyrrole nitrogens is 2. The molecule has 0 fully saturated rings. The van der Waals surface area contributed by atoms with E-state index in [1.165, 1.54) is 0 Å². The summed E-state index contributed by atoms with van der Waals surface area (Å²) in [7, 11) is 0. The number of pyridine rings is 2. The number of nitrogens with one attached hydrogen (secondary N) is 3. The fraction of sp³-hybridized carbons (Fsp3) is 0.222. The third-order valence-corrected chi connectivity index (χ3v) is 4.21. The van der Waals surface area contributed by atoms with E-state index >= 15 is 0 Å². The second-order valence-corrected chi connectivity index (χ2v) is 5.93. The summed E-state index contributed by atoms with van der Waals surface area (Å²) in [6, 6.07) is 7.22. The highest BCUT2D eigenvalue weighted by Crippen LogP contribution is 2.33. The average molecular weight is 339 g/mol. The van der Waals surface area contributed by atoms with E-state index in [-0.39, 0.29) is 17.7 Å². The van der Waals surface area contributed by atoms with Crippen LogP contribution in [0.2, 0.25) is 0 Å². The summed E-state index contributed by atoms with van der Waals surface area (Å²) in [6.07, 6.45) is 1.59. The van der Waals surface area contributed by atoms with Crippen molar-refractivity contribution in [3.63, 3.8) is 0 Å². The van der Waals surface area contributed by atoms with Crippen LogP contribution in [0.4, 0.5) is 5.69 Å². The molecule has 1 aliphatic rings. The highest BCUT2D eigenvalue weighted by Gasteiger charge is 2.14. The van der Waals surface area contributed by atoms with Gasteiger partial charge in [-0.25, -0.2) is 0 Å². The molecule has 3 aromatic rings. The van der Waals surface area contributed by atoms with Gasteiger partial charge in [-0.1, -0.05) is 0 Å². The topological polar surface area (TPSA) is 96.2 Å². The van der Waals surface area contributed by atoms with Crippen LogP contribution in [0.1, 0.15) is 11.1 Å². The van der Waals surface area contributed by atoms with Gasteiger partial charge in [0.25, 0.3) is 11.1 Å². The molecule has 1 aromatic carbocycles. The Morgan fingerprint density at radius 2 is 1.84 bits per heavy atom. The van der Waals surface area contributed by atoms with E-state index in [2.05, 4.69) is 15.3 Å². The summed E-state index contributed by atoms with van der Waals surface area (Å²) in [6.45, 7) is 3.08. The number of anilines is 1. The molecule has 7 heteroatoms. The van der Waals surface area contributed by atoms with Gasteiger partial charge in [-0.05, 0) is 30.7 Å². The molecule has 0 spiro atoms. The maximum absolute atomic E-state index is 12.3. The minimum Gasteiger partial charge on any atom is -0.486 e. The molecule has 0 unspecified atom stereocenters. The van der Waals surface area contributed by atoms with E-state index < -0.39 is 0 Å². The lowest BCUT2D eigenvalue weighted by atomic mass is 10.1. The number of ether oxygens (including phenoxy) is 2. The summed E-state index contributed by atoms with van der Waals surface area (Å²) in [4.78, 5) is 29.7. The number of benzene rings is 1. The Morgan fingerprint density at radius 1 is 1.08 bits per heavy atom. The van der Waals surface area contributed by atoms with Gasteiger partial charge in [-0.15, -0.1) is 0 Å². The van der Waals surface area contributed by atoms with Crippen molar-refractivity contribution in [3.8, 4) is 11.5 Å². The second kappa shape index (κ2) is 6.01. The first-order valence-corrected chi connectivity index (χ1v) is 7.99. The van der Waals surface area contributed by atoms with E-state index in [1.54, 1.807) is 24.4 Å². The number of aryl methyl sites for hydroxylation is 1. The zero-order chi connectivity index (χ0) is 17.4. The molecule has 0 radical (unpaired) electrons. The van der Waals surface area contributed by atoms with Crippen LogP contribution in [0.3, 0.4) is 0 Å². The van der Waals surface area contributed by atoms with Crippen LogP contribution >= 0.6 is 0 Å². The molecule has 0 atom stereocenters. The SMILES string of the molecule is Cc1cc[nH]c(=O)c1NCc1cc2cc3c(cc2[nH]c1=O)OCCO3. The Hall–Kier alpha value is -3.22. The van der Waals surface area contributed by atoms with Crippen LogP contribution in [-0.4, -0.2) is 23.2 Å². The van der Waals surface area contributed by atoms with Gasteiger partial charge in [-0.2, -0.15) is 0 Å². The summed E-state index contributed by atoms with van der Waals surface area (Å²) in [5.41, 5.74) is 2.09. The van der Waals surface area contributed by atoms with E-state index in [0.29, 0.717) is 41.5 Å². The lowest BCUT2D eigenvalue weighted by molar-refractivity contribution is 0.172. The highest BCUT2D eigenvalue weighted by molar-refractivity contribution is 5.83. The summed E-state index contributed by atoms with van der Waals surface area (Å²) in [5, 5.41) is 3.89. The van der Waals surface area contributed by atoms with Crippen LogP contribution in [0.25, 0.3) is 10.9 Å². The third-order valence-electron chi connectivity index (χ3n) is 4.21. The first kappa shape index (κ1) is 15.3. The maximum Gasteiger partial charge on any atom is 0.271 e. The van der Waals surface area contributed by atoms with Crippen molar-refractivity contribution >= 4 is 16.6 Å². The van der Waals surface area contributed by atoms with Gasteiger partial charge < -0.3 is 24.8 Å². The Bertz CT molecular complexity index is 1070. The molecule has 0 saturated heterocycles. The molecule has 25 heavy (non-hydrogen) atoms. The number of hydrogen-bond acceptors (Lipinski definition) is 5. The minimum atomic E-state index is -0.211. The quantitative estimate of drug-likeness (QED) is 0.677. The van der Waals surface area contributed by atoms with Crippen LogP contribution in [0.15, 0.2) is 40.1 Å². The van der Waals surface area contributed by atoms with Crippen molar-refractivity contribution in [3.05, 3.63) is 62.3 Å². The Morgan fingerprint density at radius 3 is 2.60 bits per heavy atom. The normalized spacial score (nSPS) is 13.0. The smallest absolute Gasteiger partial charge is 0.271 e.